The molecule has 4 nitrogen and oxygen atoms in total. The Morgan fingerprint density at radius 2 is 1.85 bits per heavy atom. The third kappa shape index (κ3) is 3.52. The summed E-state index contributed by atoms with van der Waals surface area (Å²) in [6.45, 7) is 2.75. The number of benzene rings is 1. The molecule has 20 heavy (non-hydrogen) atoms. The summed E-state index contributed by atoms with van der Waals surface area (Å²) in [4.78, 5) is 0.375. The first-order chi connectivity index (χ1) is 9.56. The van der Waals surface area contributed by atoms with Gasteiger partial charge in [0.05, 0.1) is 10.6 Å². The van der Waals surface area contributed by atoms with E-state index in [0.717, 1.165) is 25.1 Å². The minimum Gasteiger partial charge on any atom is -0.396 e. The van der Waals surface area contributed by atoms with Gasteiger partial charge in [0.25, 0.3) is 0 Å². The van der Waals surface area contributed by atoms with Crippen LogP contribution >= 0.6 is 0 Å². The lowest BCUT2D eigenvalue weighted by atomic mass is 9.97. The Kier molecular flexibility index (Phi) is 5.05. The van der Waals surface area contributed by atoms with Crippen LogP contribution in [0, 0.1) is 11.8 Å². The van der Waals surface area contributed by atoms with E-state index in [0.29, 0.717) is 16.7 Å². The molecule has 2 unspecified atom stereocenters. The topological polar surface area (TPSA) is 66.4 Å². The van der Waals surface area contributed by atoms with Gasteiger partial charge in [0.1, 0.15) is 0 Å². The van der Waals surface area contributed by atoms with Crippen LogP contribution in [-0.4, -0.2) is 32.4 Å². The second-order valence-electron chi connectivity index (χ2n) is 5.44. The molecule has 0 heterocycles. The zero-order chi connectivity index (χ0) is 14.6. The largest absolute Gasteiger partial charge is 0.396 e. The summed E-state index contributed by atoms with van der Waals surface area (Å²) >= 11 is 0. The smallest absolute Gasteiger partial charge is 0.178 e. The highest BCUT2D eigenvalue weighted by Crippen LogP contribution is 2.31. The summed E-state index contributed by atoms with van der Waals surface area (Å²) in [5.74, 6) is 1.04. The average Bonchev–Trinajstić information content (AvgIpc) is 2.93. The third-order valence-electron chi connectivity index (χ3n) is 4.21. The zero-order valence-corrected chi connectivity index (χ0v) is 12.7. The molecular weight excluding hydrogens is 274 g/mol. The third-order valence-corrected chi connectivity index (χ3v) is 5.96. The van der Waals surface area contributed by atoms with Crippen LogP contribution in [0.3, 0.4) is 0 Å². The molecule has 1 saturated carbocycles. The maximum absolute atomic E-state index is 11.7. The molecule has 2 N–H and O–H groups in total. The van der Waals surface area contributed by atoms with Gasteiger partial charge in [-0.1, -0.05) is 13.3 Å². The van der Waals surface area contributed by atoms with E-state index in [1.54, 1.807) is 19.1 Å². The molecule has 1 aromatic carbocycles. The van der Waals surface area contributed by atoms with Crippen molar-refractivity contribution in [1.29, 1.82) is 0 Å². The van der Waals surface area contributed by atoms with Crippen molar-refractivity contribution < 1.29 is 13.5 Å². The zero-order valence-electron chi connectivity index (χ0n) is 11.9. The quantitative estimate of drug-likeness (QED) is 0.845. The van der Waals surface area contributed by atoms with E-state index in [1.165, 1.54) is 6.42 Å². The standard InChI is InChI=1S/C15H23NO3S/c1-2-20(18,19)15-8-6-14(7-9-15)16-10-12-4-3-5-13(12)11-17/h6-9,12-13,16-17H,2-5,10-11H2,1H3. The summed E-state index contributed by atoms with van der Waals surface area (Å²) in [5.41, 5.74) is 0.934. The van der Waals surface area contributed by atoms with Crippen LogP contribution < -0.4 is 5.32 Å². The Hall–Kier alpha value is -1.07. The molecule has 0 bridgehead atoms. The molecule has 0 amide bonds. The van der Waals surface area contributed by atoms with E-state index >= 15 is 0 Å². The van der Waals surface area contributed by atoms with Crippen molar-refractivity contribution in [2.24, 2.45) is 11.8 Å². The van der Waals surface area contributed by atoms with E-state index in [4.69, 9.17) is 0 Å². The molecule has 1 fully saturated rings. The van der Waals surface area contributed by atoms with Crippen molar-refractivity contribution >= 4 is 15.5 Å². The summed E-state index contributed by atoms with van der Waals surface area (Å²) in [7, 11) is -3.12. The fraction of sp³-hybridized carbons (Fsp3) is 0.600. The normalized spacial score (nSPS) is 22.9. The molecule has 0 aliphatic heterocycles. The van der Waals surface area contributed by atoms with Crippen LogP contribution in [0.1, 0.15) is 26.2 Å². The van der Waals surface area contributed by atoms with Crippen LogP contribution in [0.15, 0.2) is 29.2 Å². The van der Waals surface area contributed by atoms with Crippen LogP contribution in [0.4, 0.5) is 5.69 Å². The number of nitrogens with one attached hydrogen (secondary N) is 1. The van der Waals surface area contributed by atoms with Gasteiger partial charge in [0, 0.05) is 18.8 Å². The number of hydrogen-bond acceptors (Lipinski definition) is 4. The molecule has 1 aliphatic carbocycles. The van der Waals surface area contributed by atoms with Gasteiger partial charge >= 0.3 is 0 Å². The first-order valence-electron chi connectivity index (χ1n) is 7.24. The molecule has 1 aromatic rings. The monoisotopic (exact) mass is 297 g/mol. The maximum atomic E-state index is 11.7. The highest BCUT2D eigenvalue weighted by Gasteiger charge is 2.26. The van der Waals surface area contributed by atoms with E-state index in [-0.39, 0.29) is 12.4 Å². The minimum absolute atomic E-state index is 0.125. The van der Waals surface area contributed by atoms with Crippen molar-refractivity contribution in [3.05, 3.63) is 24.3 Å². The summed E-state index contributed by atoms with van der Waals surface area (Å²) < 4.78 is 23.4. The highest BCUT2D eigenvalue weighted by molar-refractivity contribution is 7.91. The SMILES string of the molecule is CCS(=O)(=O)c1ccc(NCC2CCCC2CO)cc1. The fourth-order valence-electron chi connectivity index (χ4n) is 2.82. The molecule has 5 heteroatoms. The maximum Gasteiger partial charge on any atom is 0.178 e. The first kappa shape index (κ1) is 15.3. The molecule has 0 aromatic heterocycles. The minimum atomic E-state index is -3.12. The van der Waals surface area contributed by atoms with Crippen LogP contribution in [0.2, 0.25) is 0 Å². The van der Waals surface area contributed by atoms with Gasteiger partial charge in [0.15, 0.2) is 9.84 Å². The molecule has 0 radical (unpaired) electrons. The summed E-state index contributed by atoms with van der Waals surface area (Å²) in [6, 6.07) is 6.93. The summed E-state index contributed by atoms with van der Waals surface area (Å²) in [5, 5.41) is 12.6. The van der Waals surface area contributed by atoms with E-state index < -0.39 is 9.84 Å². The molecule has 0 saturated heterocycles. The van der Waals surface area contributed by atoms with Gasteiger partial charge in [-0.05, 0) is 48.9 Å². The Morgan fingerprint density at radius 3 is 2.45 bits per heavy atom. The molecule has 0 spiro atoms. The lowest BCUT2D eigenvalue weighted by molar-refractivity contribution is 0.199. The van der Waals surface area contributed by atoms with Crippen molar-refractivity contribution in [2.75, 3.05) is 24.2 Å². The second kappa shape index (κ2) is 6.59. The Morgan fingerprint density at radius 1 is 1.20 bits per heavy atom. The molecule has 1 aliphatic rings. The number of aliphatic hydroxyl groups excluding tert-OH is 1. The van der Waals surface area contributed by atoms with E-state index in [9.17, 15) is 13.5 Å². The van der Waals surface area contributed by atoms with Crippen molar-refractivity contribution in [2.45, 2.75) is 31.1 Å². The molecule has 112 valence electrons. The van der Waals surface area contributed by atoms with Gasteiger partial charge in [-0.3, -0.25) is 0 Å². The average molecular weight is 297 g/mol. The lowest BCUT2D eigenvalue weighted by Crippen LogP contribution is -2.20. The molecule has 2 rings (SSSR count). The van der Waals surface area contributed by atoms with Crippen molar-refractivity contribution in [1.82, 2.24) is 0 Å². The van der Waals surface area contributed by atoms with Crippen LogP contribution in [0.5, 0.6) is 0 Å². The van der Waals surface area contributed by atoms with E-state index in [2.05, 4.69) is 5.32 Å². The van der Waals surface area contributed by atoms with Gasteiger partial charge in [-0.25, -0.2) is 8.42 Å². The van der Waals surface area contributed by atoms with Gasteiger partial charge in [-0.2, -0.15) is 0 Å². The number of aliphatic hydroxyl groups is 1. The first-order valence-corrected chi connectivity index (χ1v) is 8.89. The van der Waals surface area contributed by atoms with Crippen LogP contribution in [-0.2, 0) is 9.84 Å². The van der Waals surface area contributed by atoms with Gasteiger partial charge in [-0.15, -0.1) is 0 Å². The lowest BCUT2D eigenvalue weighted by Gasteiger charge is -2.18. The van der Waals surface area contributed by atoms with Crippen molar-refractivity contribution in [3.8, 4) is 0 Å². The number of rotatable bonds is 6. The van der Waals surface area contributed by atoms with Gasteiger partial charge < -0.3 is 10.4 Å². The number of hydrogen-bond donors (Lipinski definition) is 2. The van der Waals surface area contributed by atoms with Crippen LogP contribution in [0.25, 0.3) is 0 Å². The second-order valence-corrected chi connectivity index (χ2v) is 7.72. The Balaban J connectivity index is 1.94. The van der Waals surface area contributed by atoms with E-state index in [1.807, 2.05) is 12.1 Å². The van der Waals surface area contributed by atoms with Crippen molar-refractivity contribution in [3.63, 3.8) is 0 Å². The van der Waals surface area contributed by atoms with Gasteiger partial charge in [0.2, 0.25) is 0 Å². The Bertz CT molecular complexity index is 525. The molecule has 2 atom stereocenters. The molecular formula is C15H23NO3S. The fourth-order valence-corrected chi connectivity index (χ4v) is 3.70. The number of anilines is 1. The Labute approximate surface area is 121 Å². The predicted octanol–water partition coefficient (Wildman–Crippen LogP) is 2.30. The summed E-state index contributed by atoms with van der Waals surface area (Å²) in [6.07, 6.45) is 3.45. The highest BCUT2D eigenvalue weighted by atomic mass is 32.2. The number of sulfone groups is 1. The predicted molar refractivity (Wildman–Crippen MR) is 80.6 cm³/mol.